The number of hydrogen-bond acceptors (Lipinski definition) is 5. The van der Waals surface area contributed by atoms with Crippen LogP contribution in [0.15, 0.2) is 60.9 Å². The van der Waals surface area contributed by atoms with Crippen LogP contribution in [0.5, 0.6) is 0 Å². The molecular formula is C27H32N6O2. The summed E-state index contributed by atoms with van der Waals surface area (Å²) in [5, 5.41) is 4.36. The summed E-state index contributed by atoms with van der Waals surface area (Å²) in [6, 6.07) is 15.5. The van der Waals surface area contributed by atoms with Crippen LogP contribution >= 0.6 is 0 Å². The molecule has 8 nitrogen and oxygen atoms in total. The zero-order chi connectivity index (χ0) is 24.4. The number of likely N-dealkylation sites (tertiary alicyclic amines) is 1. The molecule has 0 saturated carbocycles. The summed E-state index contributed by atoms with van der Waals surface area (Å²) in [7, 11) is 1.95. The second-order valence-corrected chi connectivity index (χ2v) is 9.57. The molecule has 0 N–H and O–H groups in total. The number of urea groups is 1. The predicted molar refractivity (Wildman–Crippen MR) is 132 cm³/mol. The van der Waals surface area contributed by atoms with E-state index >= 15 is 0 Å². The fraction of sp³-hybridized carbons (Fsp3) is 0.407. The van der Waals surface area contributed by atoms with Gasteiger partial charge in [0.25, 0.3) is 5.91 Å². The summed E-state index contributed by atoms with van der Waals surface area (Å²) in [6.07, 6.45) is 5.60. The van der Waals surface area contributed by atoms with Gasteiger partial charge in [-0.05, 0) is 43.9 Å². The zero-order valence-corrected chi connectivity index (χ0v) is 20.4. The summed E-state index contributed by atoms with van der Waals surface area (Å²) in [5.41, 5.74) is 3.45. The minimum Gasteiger partial charge on any atom is -0.309 e. The van der Waals surface area contributed by atoms with Crippen molar-refractivity contribution in [1.29, 1.82) is 0 Å². The molecule has 0 radical (unpaired) electrons. The maximum absolute atomic E-state index is 13.8. The highest BCUT2D eigenvalue weighted by atomic mass is 16.2. The lowest BCUT2D eigenvalue weighted by Crippen LogP contribution is -2.56. The van der Waals surface area contributed by atoms with Crippen molar-refractivity contribution in [2.45, 2.75) is 44.8 Å². The highest BCUT2D eigenvalue weighted by molar-refractivity contribution is 6.07. The molecular weight excluding hydrogens is 440 g/mol. The molecule has 0 unspecified atom stereocenters. The van der Waals surface area contributed by atoms with Crippen LogP contribution in [0.3, 0.4) is 0 Å². The molecule has 0 bridgehead atoms. The van der Waals surface area contributed by atoms with E-state index in [-0.39, 0.29) is 18.5 Å². The first-order valence-corrected chi connectivity index (χ1v) is 12.3. The van der Waals surface area contributed by atoms with Crippen LogP contribution in [-0.2, 0) is 31.4 Å². The lowest BCUT2D eigenvalue weighted by molar-refractivity contribution is -0.136. The molecule has 1 aromatic carbocycles. The Morgan fingerprint density at radius 1 is 0.971 bits per heavy atom. The average Bonchev–Trinajstić information content (AvgIpc) is 3.29. The van der Waals surface area contributed by atoms with Gasteiger partial charge in [0.05, 0.1) is 18.4 Å². The van der Waals surface area contributed by atoms with E-state index in [2.05, 4.69) is 34.0 Å². The van der Waals surface area contributed by atoms with Crippen LogP contribution in [0, 0.1) is 6.92 Å². The van der Waals surface area contributed by atoms with Crippen molar-refractivity contribution in [3.8, 4) is 0 Å². The van der Waals surface area contributed by atoms with E-state index in [1.807, 2.05) is 59.2 Å². The van der Waals surface area contributed by atoms with E-state index in [0.717, 1.165) is 43.0 Å². The maximum atomic E-state index is 13.8. The summed E-state index contributed by atoms with van der Waals surface area (Å²) in [6.45, 7) is 5.13. The molecule has 2 aliphatic heterocycles. The van der Waals surface area contributed by atoms with Crippen LogP contribution < -0.4 is 0 Å². The second-order valence-electron chi connectivity index (χ2n) is 9.57. The number of piperidine rings is 1. The molecule has 4 heterocycles. The van der Waals surface area contributed by atoms with Crippen molar-refractivity contribution in [3.05, 3.63) is 83.4 Å². The number of rotatable bonds is 7. The van der Waals surface area contributed by atoms with Gasteiger partial charge < -0.3 is 4.90 Å². The fourth-order valence-corrected chi connectivity index (χ4v) is 5.28. The van der Waals surface area contributed by atoms with Crippen molar-refractivity contribution < 1.29 is 9.59 Å². The molecule has 2 fully saturated rings. The molecule has 0 atom stereocenters. The first kappa shape index (κ1) is 23.2. The molecule has 182 valence electrons. The van der Waals surface area contributed by atoms with Gasteiger partial charge in [0.2, 0.25) is 0 Å². The van der Waals surface area contributed by atoms with Crippen molar-refractivity contribution in [2.24, 2.45) is 7.05 Å². The van der Waals surface area contributed by atoms with Gasteiger partial charge in [0, 0.05) is 50.7 Å². The van der Waals surface area contributed by atoms with Crippen LogP contribution in [0.25, 0.3) is 0 Å². The molecule has 5 rings (SSSR count). The largest absolute Gasteiger partial charge is 0.328 e. The Bertz CT molecular complexity index is 1180. The minimum absolute atomic E-state index is 0.0848. The molecule has 2 aromatic heterocycles. The van der Waals surface area contributed by atoms with Crippen LogP contribution in [0.1, 0.15) is 35.4 Å². The van der Waals surface area contributed by atoms with Gasteiger partial charge in [-0.3, -0.25) is 24.3 Å². The summed E-state index contributed by atoms with van der Waals surface area (Å²) in [4.78, 5) is 37.4. The minimum atomic E-state index is -0.791. The van der Waals surface area contributed by atoms with Gasteiger partial charge in [0.1, 0.15) is 5.54 Å². The molecule has 3 aromatic rings. The number of hydrogen-bond donors (Lipinski definition) is 0. The van der Waals surface area contributed by atoms with Crippen LogP contribution in [-0.4, -0.2) is 66.6 Å². The Hall–Kier alpha value is -3.52. The monoisotopic (exact) mass is 472 g/mol. The van der Waals surface area contributed by atoms with Crippen molar-refractivity contribution in [2.75, 3.05) is 19.6 Å². The summed E-state index contributed by atoms with van der Waals surface area (Å²) in [5.74, 6) is -0.0848. The van der Waals surface area contributed by atoms with E-state index in [1.54, 1.807) is 6.20 Å². The molecule has 1 spiro atoms. The predicted octanol–water partition coefficient (Wildman–Crippen LogP) is 3.17. The topological polar surface area (TPSA) is 74.6 Å². The number of aryl methyl sites for hydroxylation is 1. The van der Waals surface area contributed by atoms with Crippen molar-refractivity contribution in [1.82, 2.24) is 29.5 Å². The number of aromatic nitrogens is 3. The number of benzene rings is 1. The van der Waals surface area contributed by atoms with Crippen LogP contribution in [0.2, 0.25) is 0 Å². The Morgan fingerprint density at radius 2 is 1.71 bits per heavy atom. The molecule has 0 aliphatic carbocycles. The second kappa shape index (κ2) is 9.62. The Morgan fingerprint density at radius 3 is 2.37 bits per heavy atom. The third-order valence-electron chi connectivity index (χ3n) is 7.55. The molecule has 3 amide bonds. The number of imide groups is 1. The van der Waals surface area contributed by atoms with E-state index in [1.165, 1.54) is 10.5 Å². The first-order chi connectivity index (χ1) is 17.0. The number of amides is 3. The maximum Gasteiger partial charge on any atom is 0.328 e. The third kappa shape index (κ3) is 4.46. The van der Waals surface area contributed by atoms with Crippen LogP contribution in [0.4, 0.5) is 4.79 Å². The summed E-state index contributed by atoms with van der Waals surface area (Å²) < 4.78 is 1.89. The lowest BCUT2D eigenvalue weighted by Gasteiger charge is -2.42. The Balaban J connectivity index is 1.36. The molecule has 8 heteroatoms. The Labute approximate surface area is 206 Å². The Kier molecular flexibility index (Phi) is 6.38. The van der Waals surface area contributed by atoms with Gasteiger partial charge in [-0.1, -0.05) is 36.4 Å². The van der Waals surface area contributed by atoms with Crippen molar-refractivity contribution in [3.63, 3.8) is 0 Å². The van der Waals surface area contributed by atoms with Gasteiger partial charge >= 0.3 is 6.03 Å². The standard InChI is InChI=1S/C27H32N6O2/c1-21-23(18-29-30(21)2)19-31-16-12-27(13-17-31)25(34)32(20-24-10-6-7-14-28-24)26(35)33(27)15-11-22-8-4-3-5-9-22/h3-10,14,18H,11-13,15-17,19-20H2,1-2H3. The number of carbonyl (C=O) groups is 2. The highest BCUT2D eigenvalue weighted by Crippen LogP contribution is 2.38. The number of pyridine rings is 1. The van der Waals surface area contributed by atoms with Gasteiger partial charge in [-0.25, -0.2) is 4.79 Å². The zero-order valence-electron chi connectivity index (χ0n) is 20.4. The molecule has 2 aliphatic rings. The SMILES string of the molecule is Cc1c(CN2CCC3(CC2)C(=O)N(Cc2ccccn2)C(=O)N3CCc2ccccc2)cnn1C. The summed E-state index contributed by atoms with van der Waals surface area (Å²) >= 11 is 0. The average molecular weight is 473 g/mol. The quantitative estimate of drug-likeness (QED) is 0.494. The van der Waals surface area contributed by atoms with Crippen molar-refractivity contribution >= 4 is 11.9 Å². The van der Waals surface area contributed by atoms with E-state index in [9.17, 15) is 9.59 Å². The van der Waals surface area contributed by atoms with Gasteiger partial charge in [0.15, 0.2) is 0 Å². The normalized spacial score (nSPS) is 18.1. The molecule has 2 saturated heterocycles. The third-order valence-corrected chi connectivity index (χ3v) is 7.55. The lowest BCUT2D eigenvalue weighted by atomic mass is 9.85. The fourth-order valence-electron chi connectivity index (χ4n) is 5.28. The van der Waals surface area contributed by atoms with E-state index in [0.29, 0.717) is 19.4 Å². The molecule has 35 heavy (non-hydrogen) atoms. The number of carbonyl (C=O) groups excluding carboxylic acids is 2. The van der Waals surface area contributed by atoms with Gasteiger partial charge in [-0.2, -0.15) is 5.10 Å². The number of nitrogens with zero attached hydrogens (tertiary/aromatic N) is 6. The highest BCUT2D eigenvalue weighted by Gasteiger charge is 2.57. The van der Waals surface area contributed by atoms with E-state index < -0.39 is 5.54 Å². The van der Waals surface area contributed by atoms with E-state index in [4.69, 9.17) is 0 Å². The first-order valence-electron chi connectivity index (χ1n) is 12.3. The smallest absolute Gasteiger partial charge is 0.309 e. The van der Waals surface area contributed by atoms with Gasteiger partial charge in [-0.15, -0.1) is 0 Å².